The number of hydrogen-bond donors (Lipinski definition) is 1. The van der Waals surface area contributed by atoms with Gasteiger partial charge < -0.3 is 10.1 Å². The fraction of sp³-hybridized carbons (Fsp3) is 0.333. The molecular weight excluding hydrogens is 204 g/mol. The van der Waals surface area contributed by atoms with Crippen molar-refractivity contribution < 1.29 is 9.53 Å². The fourth-order valence-electron chi connectivity index (χ4n) is 1.04. The Kier molecular flexibility index (Phi) is 4.34. The van der Waals surface area contributed by atoms with Crippen LogP contribution in [0.3, 0.4) is 0 Å². The van der Waals surface area contributed by atoms with Crippen molar-refractivity contribution in [3.05, 3.63) is 24.3 Å². The van der Waals surface area contributed by atoms with E-state index in [1.807, 2.05) is 19.9 Å². The van der Waals surface area contributed by atoms with E-state index in [0.717, 1.165) is 5.69 Å². The lowest BCUT2D eigenvalue weighted by atomic mass is 10.2. The summed E-state index contributed by atoms with van der Waals surface area (Å²) in [5.74, 6) is 0.546. The number of ether oxygens (including phenoxy) is 1. The molecule has 1 aromatic rings. The summed E-state index contributed by atoms with van der Waals surface area (Å²) in [6.45, 7) is 3.69. The molecule has 0 bridgehead atoms. The van der Waals surface area contributed by atoms with Crippen LogP contribution in [0.25, 0.3) is 0 Å². The van der Waals surface area contributed by atoms with Gasteiger partial charge >= 0.3 is 0 Å². The number of nitrogens with zero attached hydrogens (tertiary/aromatic N) is 1. The monoisotopic (exact) mass is 218 g/mol. The molecule has 1 N–H and O–H groups in total. The Morgan fingerprint density at radius 2 is 2.06 bits per heavy atom. The van der Waals surface area contributed by atoms with Crippen LogP contribution in [-0.4, -0.2) is 12.5 Å². The van der Waals surface area contributed by atoms with Crippen molar-refractivity contribution in [3.8, 4) is 11.8 Å². The van der Waals surface area contributed by atoms with Gasteiger partial charge in [-0.05, 0) is 24.3 Å². The first-order valence-electron chi connectivity index (χ1n) is 5.04. The van der Waals surface area contributed by atoms with Gasteiger partial charge in [0.25, 0.3) is 0 Å². The summed E-state index contributed by atoms with van der Waals surface area (Å²) in [4.78, 5) is 11.4. The lowest BCUT2D eigenvalue weighted by Crippen LogP contribution is -2.17. The van der Waals surface area contributed by atoms with Gasteiger partial charge in [0.15, 0.2) is 6.61 Å². The highest BCUT2D eigenvalue weighted by Crippen LogP contribution is 2.16. The van der Waals surface area contributed by atoms with Gasteiger partial charge in [0, 0.05) is 11.6 Å². The molecule has 84 valence electrons. The zero-order valence-corrected chi connectivity index (χ0v) is 9.36. The van der Waals surface area contributed by atoms with E-state index in [-0.39, 0.29) is 18.4 Å². The molecular formula is C12H14N2O2. The van der Waals surface area contributed by atoms with Gasteiger partial charge in [-0.3, -0.25) is 4.79 Å². The Morgan fingerprint density at radius 1 is 1.44 bits per heavy atom. The molecule has 16 heavy (non-hydrogen) atoms. The summed E-state index contributed by atoms with van der Waals surface area (Å²) >= 11 is 0. The van der Waals surface area contributed by atoms with E-state index < -0.39 is 0 Å². The molecule has 0 unspecified atom stereocenters. The summed E-state index contributed by atoms with van der Waals surface area (Å²) in [5, 5.41) is 11.1. The van der Waals surface area contributed by atoms with Crippen LogP contribution in [0, 0.1) is 17.2 Å². The number of anilines is 1. The van der Waals surface area contributed by atoms with Crippen molar-refractivity contribution in [2.75, 3.05) is 11.9 Å². The Hall–Kier alpha value is -2.02. The van der Waals surface area contributed by atoms with Gasteiger partial charge in [0.1, 0.15) is 11.8 Å². The van der Waals surface area contributed by atoms with E-state index >= 15 is 0 Å². The first-order chi connectivity index (χ1) is 7.63. The Bertz CT molecular complexity index is 390. The van der Waals surface area contributed by atoms with Crippen LogP contribution >= 0.6 is 0 Å². The zero-order chi connectivity index (χ0) is 12.0. The highest BCUT2D eigenvalue weighted by atomic mass is 16.5. The second-order valence-corrected chi connectivity index (χ2v) is 3.62. The maximum Gasteiger partial charge on any atom is 0.226 e. The van der Waals surface area contributed by atoms with Crippen LogP contribution in [0.15, 0.2) is 24.3 Å². The fourth-order valence-corrected chi connectivity index (χ4v) is 1.04. The topological polar surface area (TPSA) is 62.1 Å². The minimum absolute atomic E-state index is 0.0225. The standard InChI is InChI=1S/C12H14N2O2/c1-9(2)12(15)14-10-3-5-11(6-4-10)16-8-7-13/h3-6,9H,8H2,1-2H3,(H,14,15). The van der Waals surface area contributed by atoms with Crippen molar-refractivity contribution in [1.82, 2.24) is 0 Å². The van der Waals surface area contributed by atoms with Crippen LogP contribution in [0.1, 0.15) is 13.8 Å². The molecule has 0 saturated carbocycles. The molecule has 0 fully saturated rings. The van der Waals surface area contributed by atoms with E-state index in [1.54, 1.807) is 24.3 Å². The summed E-state index contributed by atoms with van der Waals surface area (Å²) in [5.41, 5.74) is 0.725. The smallest absolute Gasteiger partial charge is 0.226 e. The Balaban J connectivity index is 2.58. The van der Waals surface area contributed by atoms with Gasteiger partial charge in [0.05, 0.1) is 0 Å². The van der Waals surface area contributed by atoms with Crippen molar-refractivity contribution in [3.63, 3.8) is 0 Å². The number of benzene rings is 1. The third kappa shape index (κ3) is 3.62. The van der Waals surface area contributed by atoms with Crippen LogP contribution in [0.4, 0.5) is 5.69 Å². The predicted octanol–water partition coefficient (Wildman–Crippen LogP) is 2.18. The van der Waals surface area contributed by atoms with Crippen LogP contribution in [-0.2, 0) is 4.79 Å². The molecule has 0 aliphatic heterocycles. The largest absolute Gasteiger partial charge is 0.479 e. The van der Waals surface area contributed by atoms with Gasteiger partial charge in [-0.1, -0.05) is 13.8 Å². The van der Waals surface area contributed by atoms with E-state index in [1.165, 1.54) is 0 Å². The van der Waals surface area contributed by atoms with Gasteiger partial charge in [-0.25, -0.2) is 0 Å². The third-order valence-corrected chi connectivity index (χ3v) is 1.95. The molecule has 4 heteroatoms. The Morgan fingerprint density at radius 3 is 2.56 bits per heavy atom. The molecule has 1 amide bonds. The number of hydrogen-bond acceptors (Lipinski definition) is 3. The maximum absolute atomic E-state index is 11.4. The van der Waals surface area contributed by atoms with Gasteiger partial charge in [0.2, 0.25) is 5.91 Å². The number of rotatable bonds is 4. The zero-order valence-electron chi connectivity index (χ0n) is 9.36. The molecule has 0 aliphatic carbocycles. The first kappa shape index (κ1) is 12.1. The normalized spacial score (nSPS) is 9.62. The van der Waals surface area contributed by atoms with Gasteiger partial charge in [-0.15, -0.1) is 0 Å². The molecule has 0 saturated heterocycles. The maximum atomic E-state index is 11.4. The highest BCUT2D eigenvalue weighted by Gasteiger charge is 2.06. The van der Waals surface area contributed by atoms with Crippen LogP contribution < -0.4 is 10.1 Å². The number of nitrogens with one attached hydrogen (secondary N) is 1. The molecule has 1 aromatic carbocycles. The average Bonchev–Trinajstić information content (AvgIpc) is 2.28. The molecule has 4 nitrogen and oxygen atoms in total. The van der Waals surface area contributed by atoms with E-state index in [9.17, 15) is 4.79 Å². The number of nitriles is 1. The van der Waals surface area contributed by atoms with Crippen molar-refractivity contribution in [1.29, 1.82) is 5.26 Å². The molecule has 0 aromatic heterocycles. The van der Waals surface area contributed by atoms with E-state index in [0.29, 0.717) is 5.75 Å². The number of carbonyl (C=O) groups excluding carboxylic acids is 1. The van der Waals surface area contributed by atoms with Crippen LogP contribution in [0.5, 0.6) is 5.75 Å². The average molecular weight is 218 g/mol. The quantitative estimate of drug-likeness (QED) is 0.842. The molecule has 0 aliphatic rings. The number of carbonyl (C=O) groups is 1. The van der Waals surface area contributed by atoms with Crippen molar-refractivity contribution in [2.24, 2.45) is 5.92 Å². The summed E-state index contributed by atoms with van der Waals surface area (Å²) in [7, 11) is 0. The predicted molar refractivity (Wildman–Crippen MR) is 61.0 cm³/mol. The minimum Gasteiger partial charge on any atom is -0.479 e. The van der Waals surface area contributed by atoms with Crippen molar-refractivity contribution >= 4 is 11.6 Å². The minimum atomic E-state index is -0.0467. The second-order valence-electron chi connectivity index (χ2n) is 3.62. The lowest BCUT2D eigenvalue weighted by Gasteiger charge is -2.08. The molecule has 0 heterocycles. The Labute approximate surface area is 94.8 Å². The summed E-state index contributed by atoms with van der Waals surface area (Å²) < 4.78 is 5.09. The molecule has 0 atom stereocenters. The highest BCUT2D eigenvalue weighted by molar-refractivity contribution is 5.92. The summed E-state index contributed by atoms with van der Waals surface area (Å²) in [6.07, 6.45) is 0. The van der Waals surface area contributed by atoms with Crippen molar-refractivity contribution in [2.45, 2.75) is 13.8 Å². The van der Waals surface area contributed by atoms with E-state index in [2.05, 4.69) is 5.32 Å². The van der Waals surface area contributed by atoms with E-state index in [4.69, 9.17) is 10.00 Å². The summed E-state index contributed by atoms with van der Waals surface area (Å²) in [6, 6.07) is 8.80. The third-order valence-electron chi connectivity index (χ3n) is 1.95. The number of amides is 1. The first-order valence-corrected chi connectivity index (χ1v) is 5.04. The van der Waals surface area contributed by atoms with Gasteiger partial charge in [-0.2, -0.15) is 5.26 Å². The molecule has 1 rings (SSSR count). The SMILES string of the molecule is CC(C)C(=O)Nc1ccc(OCC#N)cc1. The molecule has 0 radical (unpaired) electrons. The second kappa shape index (κ2) is 5.76. The molecule has 0 spiro atoms. The van der Waals surface area contributed by atoms with Crippen LogP contribution in [0.2, 0.25) is 0 Å². The lowest BCUT2D eigenvalue weighted by molar-refractivity contribution is -0.118.